The van der Waals surface area contributed by atoms with Crippen molar-refractivity contribution in [2.45, 2.75) is 37.5 Å². The fourth-order valence-corrected chi connectivity index (χ4v) is 3.36. The van der Waals surface area contributed by atoms with E-state index in [-0.39, 0.29) is 5.41 Å². The van der Waals surface area contributed by atoms with Crippen LogP contribution in [-0.4, -0.2) is 5.11 Å². The lowest BCUT2D eigenvalue weighted by atomic mass is 9.77. The van der Waals surface area contributed by atoms with Gasteiger partial charge in [0.05, 0.1) is 0 Å². The first-order valence-corrected chi connectivity index (χ1v) is 5.73. The van der Waals surface area contributed by atoms with Crippen molar-refractivity contribution < 1.29 is 5.11 Å². The highest BCUT2D eigenvalue weighted by Gasteiger charge is 2.43. The Bertz CT molecular complexity index is 433. The van der Waals surface area contributed by atoms with E-state index in [1.807, 2.05) is 6.07 Å². The van der Waals surface area contributed by atoms with Crippen LogP contribution < -0.4 is 0 Å². The molecule has 1 heteroatoms. The highest BCUT2D eigenvalue weighted by atomic mass is 16.3. The predicted molar refractivity (Wildman–Crippen MR) is 61.1 cm³/mol. The minimum Gasteiger partial charge on any atom is -0.508 e. The highest BCUT2D eigenvalue weighted by Crippen LogP contribution is 2.53. The summed E-state index contributed by atoms with van der Waals surface area (Å²) in [7, 11) is 0. The summed E-state index contributed by atoms with van der Waals surface area (Å²) in [4.78, 5) is 0. The van der Waals surface area contributed by atoms with Gasteiger partial charge in [0, 0.05) is 5.41 Å². The maximum absolute atomic E-state index is 9.60. The van der Waals surface area contributed by atoms with E-state index in [4.69, 9.17) is 0 Å². The zero-order chi connectivity index (χ0) is 10.5. The van der Waals surface area contributed by atoms with Crippen LogP contribution in [0.15, 0.2) is 30.4 Å². The summed E-state index contributed by atoms with van der Waals surface area (Å²) < 4.78 is 0. The molecule has 1 atom stereocenters. The lowest BCUT2D eigenvalue weighted by Gasteiger charge is -2.26. The second kappa shape index (κ2) is 2.88. The van der Waals surface area contributed by atoms with Crippen LogP contribution in [0.3, 0.4) is 0 Å². The summed E-state index contributed by atoms with van der Waals surface area (Å²) >= 11 is 0. The Balaban J connectivity index is 2.18. The van der Waals surface area contributed by atoms with Crippen LogP contribution in [0.2, 0.25) is 0 Å². The molecule has 15 heavy (non-hydrogen) atoms. The summed E-state index contributed by atoms with van der Waals surface area (Å²) in [5, 5.41) is 9.60. The predicted octanol–water partition coefficient (Wildman–Crippen LogP) is 3.32. The Morgan fingerprint density at radius 3 is 2.80 bits per heavy atom. The molecule has 1 aromatic carbocycles. The highest BCUT2D eigenvalue weighted by molar-refractivity contribution is 5.50. The van der Waals surface area contributed by atoms with Gasteiger partial charge in [-0.3, -0.25) is 0 Å². The van der Waals surface area contributed by atoms with Gasteiger partial charge in [0.2, 0.25) is 0 Å². The van der Waals surface area contributed by atoms with E-state index in [9.17, 15) is 5.11 Å². The maximum Gasteiger partial charge on any atom is 0.115 e. The summed E-state index contributed by atoms with van der Waals surface area (Å²) in [5.74, 6) is 0.398. The van der Waals surface area contributed by atoms with E-state index in [1.54, 1.807) is 6.07 Å². The fraction of sp³-hybridized carbons (Fsp3) is 0.429. The van der Waals surface area contributed by atoms with E-state index < -0.39 is 0 Å². The van der Waals surface area contributed by atoms with Crippen molar-refractivity contribution in [1.29, 1.82) is 0 Å². The molecule has 0 radical (unpaired) electrons. The van der Waals surface area contributed by atoms with Crippen molar-refractivity contribution in [1.82, 2.24) is 0 Å². The van der Waals surface area contributed by atoms with Gasteiger partial charge in [-0.05, 0) is 55.4 Å². The number of phenols is 1. The van der Waals surface area contributed by atoms with Gasteiger partial charge in [-0.15, -0.1) is 0 Å². The maximum atomic E-state index is 9.60. The number of aromatic hydroxyl groups is 1. The van der Waals surface area contributed by atoms with Crippen molar-refractivity contribution in [3.8, 4) is 5.75 Å². The molecule has 2 aliphatic rings. The minimum atomic E-state index is 0.216. The molecule has 0 saturated heterocycles. The zero-order valence-corrected chi connectivity index (χ0v) is 8.92. The smallest absolute Gasteiger partial charge is 0.115 e. The van der Waals surface area contributed by atoms with Crippen LogP contribution >= 0.6 is 0 Å². The van der Waals surface area contributed by atoms with Gasteiger partial charge >= 0.3 is 0 Å². The Labute approximate surface area is 90.4 Å². The first-order chi connectivity index (χ1) is 7.22. The molecule has 0 aliphatic heterocycles. The molecule has 1 fully saturated rings. The molecule has 0 aromatic heterocycles. The van der Waals surface area contributed by atoms with E-state index in [0.717, 1.165) is 12.8 Å². The van der Waals surface area contributed by atoms with Crippen molar-refractivity contribution in [3.63, 3.8) is 0 Å². The second-order valence-corrected chi connectivity index (χ2v) is 4.88. The van der Waals surface area contributed by atoms with Gasteiger partial charge in [-0.2, -0.15) is 0 Å². The average Bonchev–Trinajstić information content (AvgIpc) is 2.75. The molecule has 1 saturated carbocycles. The molecule has 2 aliphatic carbocycles. The number of fused-ring (bicyclic) bond motifs is 2. The van der Waals surface area contributed by atoms with Crippen LogP contribution in [0, 0.1) is 0 Å². The van der Waals surface area contributed by atoms with Crippen LogP contribution in [0.5, 0.6) is 5.75 Å². The lowest BCUT2D eigenvalue weighted by molar-refractivity contribution is 0.469. The molecule has 1 unspecified atom stereocenters. The van der Waals surface area contributed by atoms with Crippen molar-refractivity contribution in [2.24, 2.45) is 0 Å². The van der Waals surface area contributed by atoms with E-state index in [0.29, 0.717) is 5.75 Å². The van der Waals surface area contributed by atoms with Gasteiger partial charge in [0.15, 0.2) is 0 Å². The summed E-state index contributed by atoms with van der Waals surface area (Å²) in [5.41, 5.74) is 4.36. The molecule has 0 heterocycles. The number of allylic oxidation sites excluding steroid dienone is 1. The van der Waals surface area contributed by atoms with Crippen molar-refractivity contribution in [3.05, 3.63) is 41.5 Å². The van der Waals surface area contributed by atoms with Gasteiger partial charge in [0.1, 0.15) is 5.75 Å². The SMILES string of the molecule is C=C1CCCC12CCc1ccc(O)cc12. The molecule has 1 nitrogen and oxygen atoms in total. The van der Waals surface area contributed by atoms with Gasteiger partial charge in [-0.25, -0.2) is 0 Å². The number of hydrogen-bond donors (Lipinski definition) is 1. The monoisotopic (exact) mass is 200 g/mol. The third-order valence-electron chi connectivity index (χ3n) is 4.19. The second-order valence-electron chi connectivity index (χ2n) is 4.88. The van der Waals surface area contributed by atoms with Crippen LogP contribution in [-0.2, 0) is 11.8 Å². The van der Waals surface area contributed by atoms with Gasteiger partial charge < -0.3 is 5.11 Å². The number of hydrogen-bond acceptors (Lipinski definition) is 1. The summed E-state index contributed by atoms with van der Waals surface area (Å²) in [6.45, 7) is 4.24. The normalized spacial score (nSPS) is 28.7. The van der Waals surface area contributed by atoms with Gasteiger partial charge in [0.25, 0.3) is 0 Å². The standard InChI is InChI=1S/C14H16O/c1-10-3-2-7-14(10)8-6-11-4-5-12(15)9-13(11)14/h4-5,9,15H,1-3,6-8H2. The Kier molecular flexibility index (Phi) is 1.73. The summed E-state index contributed by atoms with van der Waals surface area (Å²) in [6, 6.07) is 5.83. The average molecular weight is 200 g/mol. The number of phenolic OH excluding ortho intramolecular Hbond substituents is 1. The zero-order valence-electron chi connectivity index (χ0n) is 8.92. The topological polar surface area (TPSA) is 20.2 Å². The number of benzene rings is 1. The summed E-state index contributed by atoms with van der Waals surface area (Å²) in [6.07, 6.45) is 5.99. The third-order valence-corrected chi connectivity index (χ3v) is 4.19. The Morgan fingerprint density at radius 1 is 1.20 bits per heavy atom. The Morgan fingerprint density at radius 2 is 2.07 bits per heavy atom. The van der Waals surface area contributed by atoms with Crippen LogP contribution in [0.4, 0.5) is 0 Å². The molecule has 3 rings (SSSR count). The van der Waals surface area contributed by atoms with Gasteiger partial charge in [-0.1, -0.05) is 18.2 Å². The molecule has 1 spiro atoms. The minimum absolute atomic E-state index is 0.216. The first-order valence-electron chi connectivity index (χ1n) is 5.73. The molecule has 0 amide bonds. The van der Waals surface area contributed by atoms with Crippen LogP contribution in [0.25, 0.3) is 0 Å². The molecular formula is C14H16O. The molecule has 1 N–H and O–H groups in total. The largest absolute Gasteiger partial charge is 0.508 e. The Hall–Kier alpha value is -1.24. The molecule has 78 valence electrons. The van der Waals surface area contributed by atoms with E-state index in [2.05, 4.69) is 12.6 Å². The fourth-order valence-electron chi connectivity index (χ4n) is 3.36. The first kappa shape index (κ1) is 9.02. The quantitative estimate of drug-likeness (QED) is 0.637. The molecular weight excluding hydrogens is 184 g/mol. The molecule has 1 aromatic rings. The third kappa shape index (κ3) is 1.09. The number of aryl methyl sites for hydroxylation is 1. The van der Waals surface area contributed by atoms with E-state index in [1.165, 1.54) is 36.0 Å². The lowest BCUT2D eigenvalue weighted by Crippen LogP contribution is -2.19. The number of rotatable bonds is 0. The van der Waals surface area contributed by atoms with Crippen molar-refractivity contribution >= 4 is 0 Å². The molecule has 0 bridgehead atoms. The van der Waals surface area contributed by atoms with E-state index >= 15 is 0 Å². The van der Waals surface area contributed by atoms with Crippen molar-refractivity contribution in [2.75, 3.05) is 0 Å². The van der Waals surface area contributed by atoms with Crippen LogP contribution in [0.1, 0.15) is 36.8 Å².